The van der Waals surface area contributed by atoms with E-state index >= 15 is 0 Å². The third kappa shape index (κ3) is 7.33. The maximum absolute atomic E-state index is 11.4. The molecule has 1 fully saturated rings. The molecule has 1 aliphatic carbocycles. The lowest BCUT2D eigenvalue weighted by atomic mass is 9.86. The highest BCUT2D eigenvalue weighted by atomic mass is 32.2. The monoisotopic (exact) mass is 380 g/mol. The summed E-state index contributed by atoms with van der Waals surface area (Å²) in [5.74, 6) is 1.66. The highest BCUT2D eigenvalue weighted by molar-refractivity contribution is 7.89. The number of hydrogen-bond donors (Lipinski definition) is 3. The minimum atomic E-state index is -3.68. The van der Waals surface area contributed by atoms with Crippen LogP contribution in [0.25, 0.3) is 0 Å². The highest BCUT2D eigenvalue weighted by Crippen LogP contribution is 2.26. The third-order valence-corrected chi connectivity index (χ3v) is 5.71. The minimum Gasteiger partial charge on any atom is -0.357 e. The van der Waals surface area contributed by atoms with E-state index in [2.05, 4.69) is 15.6 Å². The van der Waals surface area contributed by atoms with Crippen LogP contribution in [0.1, 0.15) is 57.4 Å². The predicted octanol–water partition coefficient (Wildman–Crippen LogP) is 2.75. The Hall–Kier alpha value is -1.60. The van der Waals surface area contributed by atoms with Crippen LogP contribution >= 0.6 is 0 Å². The second-order valence-corrected chi connectivity index (χ2v) is 8.52. The first kappa shape index (κ1) is 20.7. The molecule has 4 N–H and O–H groups in total. The van der Waals surface area contributed by atoms with Crippen LogP contribution in [0.5, 0.6) is 0 Å². The standard InChI is InChI=1S/C19H32N4O2S/c1-2-21-19(22-13-7-11-16-8-4-3-5-9-16)23-15-17-10-6-12-18(14-17)26(20,24)25/h6,10,12,14,16H,2-5,7-9,11,13,15H2,1H3,(H2,20,24,25)(H2,21,22,23). The zero-order chi connectivity index (χ0) is 18.8. The van der Waals surface area contributed by atoms with Crippen molar-refractivity contribution in [2.24, 2.45) is 16.0 Å². The molecule has 26 heavy (non-hydrogen) atoms. The number of sulfonamides is 1. The summed E-state index contributed by atoms with van der Waals surface area (Å²) in [7, 11) is -3.68. The molecule has 0 saturated heterocycles. The molecular formula is C19H32N4O2S. The van der Waals surface area contributed by atoms with Gasteiger partial charge in [0, 0.05) is 13.1 Å². The molecule has 7 heteroatoms. The van der Waals surface area contributed by atoms with Crippen molar-refractivity contribution in [3.8, 4) is 0 Å². The smallest absolute Gasteiger partial charge is 0.238 e. The summed E-state index contributed by atoms with van der Waals surface area (Å²) >= 11 is 0. The molecule has 0 aliphatic heterocycles. The fourth-order valence-corrected chi connectivity index (χ4v) is 3.99. The van der Waals surface area contributed by atoms with Gasteiger partial charge in [-0.3, -0.25) is 0 Å². The van der Waals surface area contributed by atoms with Gasteiger partial charge in [0.25, 0.3) is 0 Å². The van der Waals surface area contributed by atoms with Crippen LogP contribution in [0.15, 0.2) is 34.2 Å². The van der Waals surface area contributed by atoms with Gasteiger partial charge in [-0.2, -0.15) is 0 Å². The summed E-state index contributed by atoms with van der Waals surface area (Å²) in [4.78, 5) is 4.67. The van der Waals surface area contributed by atoms with Crippen LogP contribution in [0.4, 0.5) is 0 Å². The quantitative estimate of drug-likeness (QED) is 0.367. The molecule has 1 aromatic carbocycles. The van der Waals surface area contributed by atoms with E-state index < -0.39 is 10.0 Å². The van der Waals surface area contributed by atoms with Gasteiger partial charge < -0.3 is 10.6 Å². The summed E-state index contributed by atoms with van der Waals surface area (Å²) in [5, 5.41) is 11.8. The van der Waals surface area contributed by atoms with Crippen molar-refractivity contribution >= 4 is 16.0 Å². The molecule has 6 nitrogen and oxygen atoms in total. The van der Waals surface area contributed by atoms with Gasteiger partial charge in [-0.15, -0.1) is 0 Å². The minimum absolute atomic E-state index is 0.121. The Kier molecular flexibility index (Phi) is 8.38. The van der Waals surface area contributed by atoms with Gasteiger partial charge in [-0.05, 0) is 43.4 Å². The second kappa shape index (κ2) is 10.5. The van der Waals surface area contributed by atoms with Crippen LogP contribution in [-0.4, -0.2) is 27.5 Å². The van der Waals surface area contributed by atoms with Gasteiger partial charge in [0.2, 0.25) is 10.0 Å². The summed E-state index contributed by atoms with van der Waals surface area (Å²) in [6.45, 7) is 4.12. The van der Waals surface area contributed by atoms with E-state index in [0.717, 1.165) is 37.0 Å². The van der Waals surface area contributed by atoms with Gasteiger partial charge in [0.1, 0.15) is 0 Å². The molecule has 0 amide bonds. The first-order valence-corrected chi connectivity index (χ1v) is 11.2. The molecule has 0 unspecified atom stereocenters. The molecule has 0 bridgehead atoms. The SMILES string of the molecule is CCNC(=NCc1cccc(S(N)(=O)=O)c1)NCCCC1CCCCC1. The van der Waals surface area contributed by atoms with Gasteiger partial charge in [-0.1, -0.05) is 44.2 Å². The average molecular weight is 381 g/mol. The summed E-state index contributed by atoms with van der Waals surface area (Å²) < 4.78 is 22.9. The molecule has 1 saturated carbocycles. The molecule has 0 heterocycles. The number of nitrogens with zero attached hydrogens (tertiary/aromatic N) is 1. The topological polar surface area (TPSA) is 96.6 Å². The Morgan fingerprint density at radius 2 is 2.00 bits per heavy atom. The number of rotatable bonds is 8. The van der Waals surface area contributed by atoms with Crippen molar-refractivity contribution in [3.05, 3.63) is 29.8 Å². The molecule has 0 spiro atoms. The van der Waals surface area contributed by atoms with E-state index in [1.54, 1.807) is 12.1 Å². The van der Waals surface area contributed by atoms with Crippen LogP contribution < -0.4 is 15.8 Å². The number of hydrogen-bond acceptors (Lipinski definition) is 3. The fourth-order valence-electron chi connectivity index (χ4n) is 3.41. The molecular weight excluding hydrogens is 348 g/mol. The lowest BCUT2D eigenvalue weighted by molar-refractivity contribution is 0.332. The summed E-state index contributed by atoms with van der Waals surface area (Å²) in [6, 6.07) is 6.61. The number of benzene rings is 1. The van der Waals surface area contributed by atoms with Crippen molar-refractivity contribution < 1.29 is 8.42 Å². The van der Waals surface area contributed by atoms with Gasteiger partial charge in [0.15, 0.2) is 5.96 Å². The maximum atomic E-state index is 11.4. The zero-order valence-corrected chi connectivity index (χ0v) is 16.5. The largest absolute Gasteiger partial charge is 0.357 e. The molecule has 146 valence electrons. The lowest BCUT2D eigenvalue weighted by Crippen LogP contribution is -2.37. The summed E-state index contributed by atoms with van der Waals surface area (Å²) in [6.07, 6.45) is 9.38. The highest BCUT2D eigenvalue weighted by Gasteiger charge is 2.12. The summed E-state index contributed by atoms with van der Waals surface area (Å²) in [5.41, 5.74) is 0.816. The molecule has 0 aromatic heterocycles. The first-order valence-electron chi connectivity index (χ1n) is 9.63. The van der Waals surface area contributed by atoms with Crippen molar-refractivity contribution in [2.45, 2.75) is 63.3 Å². The first-order chi connectivity index (χ1) is 12.5. The lowest BCUT2D eigenvalue weighted by Gasteiger charge is -2.21. The van der Waals surface area contributed by atoms with Crippen LogP contribution in [0.3, 0.4) is 0 Å². The van der Waals surface area contributed by atoms with E-state index in [1.165, 1.54) is 44.6 Å². The van der Waals surface area contributed by atoms with E-state index in [1.807, 2.05) is 13.0 Å². The van der Waals surface area contributed by atoms with E-state index in [4.69, 9.17) is 5.14 Å². The molecule has 1 aromatic rings. The van der Waals surface area contributed by atoms with Crippen molar-refractivity contribution in [3.63, 3.8) is 0 Å². The second-order valence-electron chi connectivity index (χ2n) is 6.96. The number of nitrogens with one attached hydrogen (secondary N) is 2. The Labute approximate surface area is 157 Å². The Morgan fingerprint density at radius 3 is 2.69 bits per heavy atom. The maximum Gasteiger partial charge on any atom is 0.238 e. The fraction of sp³-hybridized carbons (Fsp3) is 0.632. The molecule has 2 rings (SSSR count). The van der Waals surface area contributed by atoms with Crippen LogP contribution in [0.2, 0.25) is 0 Å². The molecule has 0 radical (unpaired) electrons. The predicted molar refractivity (Wildman–Crippen MR) is 106 cm³/mol. The normalized spacial score (nSPS) is 16.5. The average Bonchev–Trinajstić information content (AvgIpc) is 2.63. The Balaban J connectivity index is 1.83. The van der Waals surface area contributed by atoms with Gasteiger partial charge in [0.05, 0.1) is 11.4 Å². The van der Waals surface area contributed by atoms with E-state index in [-0.39, 0.29) is 4.90 Å². The van der Waals surface area contributed by atoms with Crippen LogP contribution in [0, 0.1) is 5.92 Å². The van der Waals surface area contributed by atoms with Crippen molar-refractivity contribution in [1.82, 2.24) is 10.6 Å². The molecule has 1 aliphatic rings. The molecule has 0 atom stereocenters. The van der Waals surface area contributed by atoms with Crippen molar-refractivity contribution in [2.75, 3.05) is 13.1 Å². The van der Waals surface area contributed by atoms with Crippen molar-refractivity contribution in [1.29, 1.82) is 0 Å². The number of aliphatic imine (C=N–C) groups is 1. The third-order valence-electron chi connectivity index (χ3n) is 4.80. The van der Waals surface area contributed by atoms with Gasteiger partial charge >= 0.3 is 0 Å². The Morgan fingerprint density at radius 1 is 1.23 bits per heavy atom. The van der Waals surface area contributed by atoms with Crippen LogP contribution in [-0.2, 0) is 16.6 Å². The van der Waals surface area contributed by atoms with E-state index in [9.17, 15) is 8.42 Å². The number of primary sulfonamides is 1. The zero-order valence-electron chi connectivity index (χ0n) is 15.7. The number of nitrogens with two attached hydrogens (primary N) is 1. The number of guanidine groups is 1. The van der Waals surface area contributed by atoms with E-state index in [0.29, 0.717) is 6.54 Å². The van der Waals surface area contributed by atoms with Gasteiger partial charge in [-0.25, -0.2) is 18.5 Å². The Bertz CT molecular complexity index is 683.